The average Bonchev–Trinajstić information content (AvgIpc) is 3.50. The molecule has 4 rings (SSSR count). The molecule has 0 unspecified atom stereocenters. The van der Waals surface area contributed by atoms with E-state index < -0.39 is 17.9 Å². The van der Waals surface area contributed by atoms with Crippen molar-refractivity contribution in [1.82, 2.24) is 0 Å². The number of carboxylic acid groups (broad SMARTS) is 2. The van der Waals surface area contributed by atoms with Crippen LogP contribution in [0.25, 0.3) is 11.1 Å². The molecule has 0 saturated carbocycles. The summed E-state index contributed by atoms with van der Waals surface area (Å²) < 4.78 is 29.0. The first-order valence-electron chi connectivity index (χ1n) is 10.6. The van der Waals surface area contributed by atoms with E-state index in [1.54, 1.807) is 42.6 Å². The van der Waals surface area contributed by atoms with Crippen LogP contribution in [0, 0.1) is 5.82 Å². The molecule has 1 aliphatic rings. The van der Waals surface area contributed by atoms with Crippen molar-refractivity contribution in [3.63, 3.8) is 0 Å². The minimum absolute atomic E-state index is 0.0221. The first kappa shape index (κ1) is 26.9. The number of thiophene rings is 1. The van der Waals surface area contributed by atoms with E-state index in [1.165, 1.54) is 23.5 Å². The van der Waals surface area contributed by atoms with Gasteiger partial charge in [-0.15, -0.1) is 11.3 Å². The van der Waals surface area contributed by atoms with Gasteiger partial charge in [0.05, 0.1) is 13.2 Å². The maximum absolute atomic E-state index is 13.3. The molecule has 3 aromatic rings. The lowest BCUT2D eigenvalue weighted by molar-refractivity contribution is -0.159. The normalized spacial score (nSPS) is 11.1. The van der Waals surface area contributed by atoms with Gasteiger partial charge in [0, 0.05) is 22.7 Å². The van der Waals surface area contributed by atoms with Gasteiger partial charge in [-0.3, -0.25) is 4.79 Å². The average molecular weight is 533 g/mol. The topological polar surface area (TPSA) is 160 Å². The third-order valence-electron chi connectivity index (χ3n) is 4.69. The molecular formula is C24H21FN2O9S. The molecule has 0 fully saturated rings. The molecule has 11 nitrogen and oxygen atoms in total. The number of nitrogens with one attached hydrogen (secondary N) is 2. The first-order chi connectivity index (χ1) is 17.7. The Kier molecular flexibility index (Phi) is 9.00. The number of fused-ring (bicyclic) bond motifs is 1. The van der Waals surface area contributed by atoms with Crippen LogP contribution in [0.3, 0.4) is 0 Å². The van der Waals surface area contributed by atoms with Gasteiger partial charge < -0.3 is 35.1 Å². The van der Waals surface area contributed by atoms with Gasteiger partial charge >= 0.3 is 17.9 Å². The summed E-state index contributed by atoms with van der Waals surface area (Å²) in [5.41, 5.74) is 2.17. The number of rotatable bonds is 7. The van der Waals surface area contributed by atoms with E-state index in [9.17, 15) is 14.0 Å². The number of esters is 1. The standard InChI is InChI=1S/C22H19FN2O5S.C2H2O4/c1-2-28-22(27)20-16(13-3-5-14(23)6-4-13)11-31-21(20)25-19(26)10-24-15-7-8-17-18(9-15)30-12-29-17;3-1(4)2(5)6/h3-9,11,24H,2,10,12H2,1H3,(H,25,26);(H,3,4)(H,5,6). The van der Waals surface area contributed by atoms with Gasteiger partial charge in [0.1, 0.15) is 16.4 Å². The Morgan fingerprint density at radius 3 is 2.35 bits per heavy atom. The van der Waals surface area contributed by atoms with E-state index in [1.807, 2.05) is 0 Å². The van der Waals surface area contributed by atoms with Crippen molar-refractivity contribution in [1.29, 1.82) is 0 Å². The lowest BCUT2D eigenvalue weighted by atomic mass is 10.0. The van der Waals surface area contributed by atoms with E-state index in [0.717, 1.165) is 0 Å². The number of amides is 1. The molecule has 4 N–H and O–H groups in total. The Morgan fingerprint density at radius 1 is 1.03 bits per heavy atom. The first-order valence-corrected chi connectivity index (χ1v) is 11.5. The molecule has 0 spiro atoms. The fourth-order valence-corrected chi connectivity index (χ4v) is 4.03. The van der Waals surface area contributed by atoms with E-state index in [4.69, 9.17) is 34.0 Å². The summed E-state index contributed by atoms with van der Waals surface area (Å²) in [6.45, 7) is 2.04. The molecule has 0 aliphatic carbocycles. The van der Waals surface area contributed by atoms with E-state index >= 15 is 0 Å². The monoisotopic (exact) mass is 532 g/mol. The fourth-order valence-electron chi connectivity index (χ4n) is 3.06. The molecule has 0 radical (unpaired) electrons. The smallest absolute Gasteiger partial charge is 0.414 e. The van der Waals surface area contributed by atoms with Crippen molar-refractivity contribution in [3.05, 3.63) is 59.2 Å². The Morgan fingerprint density at radius 2 is 1.70 bits per heavy atom. The van der Waals surface area contributed by atoms with E-state index in [0.29, 0.717) is 33.3 Å². The van der Waals surface area contributed by atoms with Crippen LogP contribution >= 0.6 is 11.3 Å². The number of benzene rings is 2. The number of aliphatic carboxylic acids is 2. The molecule has 2 aromatic carbocycles. The van der Waals surface area contributed by atoms with Crippen LogP contribution in [-0.4, -0.2) is 54.0 Å². The molecule has 37 heavy (non-hydrogen) atoms. The van der Waals surface area contributed by atoms with Gasteiger partial charge in [-0.2, -0.15) is 0 Å². The zero-order valence-corrected chi connectivity index (χ0v) is 20.1. The van der Waals surface area contributed by atoms with Crippen molar-refractivity contribution in [2.75, 3.05) is 30.6 Å². The molecular weight excluding hydrogens is 511 g/mol. The summed E-state index contributed by atoms with van der Waals surface area (Å²) >= 11 is 1.20. The van der Waals surface area contributed by atoms with Gasteiger partial charge in [0.15, 0.2) is 11.5 Å². The fraction of sp³-hybridized carbons (Fsp3) is 0.167. The summed E-state index contributed by atoms with van der Waals surface area (Å²) in [6, 6.07) is 11.1. The molecule has 194 valence electrons. The molecule has 0 saturated heterocycles. The van der Waals surface area contributed by atoms with Crippen LogP contribution in [0.4, 0.5) is 15.1 Å². The molecule has 0 atom stereocenters. The Balaban J connectivity index is 0.000000568. The lowest BCUT2D eigenvalue weighted by Gasteiger charge is -2.10. The summed E-state index contributed by atoms with van der Waals surface area (Å²) in [5, 5.41) is 22.7. The molecule has 1 aromatic heterocycles. The second kappa shape index (κ2) is 12.4. The van der Waals surface area contributed by atoms with E-state index in [2.05, 4.69) is 10.6 Å². The lowest BCUT2D eigenvalue weighted by Crippen LogP contribution is -2.22. The van der Waals surface area contributed by atoms with Crippen molar-refractivity contribution >= 4 is 45.8 Å². The SMILES string of the molecule is CCOC(=O)c1c(-c2ccc(F)cc2)csc1NC(=O)CNc1ccc2c(c1)OCO2.O=C(O)C(=O)O. The Bertz CT molecular complexity index is 1300. The van der Waals surface area contributed by atoms with Gasteiger partial charge in [-0.25, -0.2) is 18.8 Å². The van der Waals surface area contributed by atoms with Crippen LogP contribution in [0.5, 0.6) is 11.5 Å². The molecule has 2 heterocycles. The number of halogens is 1. The third kappa shape index (κ3) is 7.18. The number of carboxylic acids is 2. The Hall–Kier alpha value is -4.65. The van der Waals surface area contributed by atoms with Crippen LogP contribution in [0.15, 0.2) is 47.8 Å². The molecule has 13 heteroatoms. The zero-order chi connectivity index (χ0) is 26.9. The van der Waals surface area contributed by atoms with E-state index in [-0.39, 0.29) is 37.2 Å². The summed E-state index contributed by atoms with van der Waals surface area (Å²) in [4.78, 5) is 43.3. The predicted molar refractivity (Wildman–Crippen MR) is 131 cm³/mol. The second-order valence-corrected chi connectivity index (χ2v) is 8.04. The van der Waals surface area contributed by atoms with Gasteiger partial charge in [0.2, 0.25) is 12.7 Å². The van der Waals surface area contributed by atoms with Crippen LogP contribution in [0.2, 0.25) is 0 Å². The molecule has 1 amide bonds. The largest absolute Gasteiger partial charge is 0.473 e. The summed E-state index contributed by atoms with van der Waals surface area (Å²) in [7, 11) is 0. The number of hydrogen-bond acceptors (Lipinski definition) is 9. The highest BCUT2D eigenvalue weighted by Crippen LogP contribution is 2.37. The quantitative estimate of drug-likeness (QED) is 0.261. The van der Waals surface area contributed by atoms with Gasteiger partial charge in [-0.05, 0) is 36.8 Å². The van der Waals surface area contributed by atoms with Gasteiger partial charge in [0.25, 0.3) is 0 Å². The highest BCUT2D eigenvalue weighted by Gasteiger charge is 2.23. The predicted octanol–water partition coefficient (Wildman–Crippen LogP) is 3.67. The maximum Gasteiger partial charge on any atom is 0.414 e. The van der Waals surface area contributed by atoms with Crippen molar-refractivity contribution in [3.8, 4) is 22.6 Å². The van der Waals surface area contributed by atoms with Crippen molar-refractivity contribution in [2.24, 2.45) is 0 Å². The number of carbonyl (C=O) groups excluding carboxylic acids is 2. The number of ether oxygens (including phenoxy) is 3. The van der Waals surface area contributed by atoms with Crippen molar-refractivity contribution in [2.45, 2.75) is 6.92 Å². The maximum atomic E-state index is 13.3. The van der Waals surface area contributed by atoms with Crippen LogP contribution in [-0.2, 0) is 19.1 Å². The van der Waals surface area contributed by atoms with Gasteiger partial charge in [-0.1, -0.05) is 12.1 Å². The van der Waals surface area contributed by atoms with Crippen molar-refractivity contribution < 1.29 is 48.0 Å². The highest BCUT2D eigenvalue weighted by molar-refractivity contribution is 7.15. The zero-order valence-electron chi connectivity index (χ0n) is 19.3. The number of carbonyl (C=O) groups is 4. The molecule has 0 bridgehead atoms. The third-order valence-corrected chi connectivity index (χ3v) is 5.58. The highest BCUT2D eigenvalue weighted by atomic mass is 32.1. The second-order valence-electron chi connectivity index (χ2n) is 7.16. The Labute approximate surface area is 213 Å². The number of hydrogen-bond donors (Lipinski definition) is 4. The minimum atomic E-state index is -1.82. The minimum Gasteiger partial charge on any atom is -0.473 e. The molecule has 1 aliphatic heterocycles. The summed E-state index contributed by atoms with van der Waals surface area (Å²) in [5.74, 6) is -3.65. The number of anilines is 2. The van der Waals surface area contributed by atoms with Crippen LogP contribution in [0.1, 0.15) is 17.3 Å². The van der Waals surface area contributed by atoms with Crippen LogP contribution < -0.4 is 20.1 Å². The summed E-state index contributed by atoms with van der Waals surface area (Å²) in [6.07, 6.45) is 0.